The zero-order valence-corrected chi connectivity index (χ0v) is 9.48. The van der Waals surface area contributed by atoms with Gasteiger partial charge in [0.1, 0.15) is 0 Å². The summed E-state index contributed by atoms with van der Waals surface area (Å²) in [7, 11) is -5.33. The normalized spacial score (nSPS) is 5.40. The minimum atomic E-state index is -2.92. The first-order valence-electron chi connectivity index (χ1n) is 1.46. The fourth-order valence-electron chi connectivity index (χ4n) is 0. The molecule has 0 spiro atoms. The molecule has 2 N–H and O–H groups in total. The molecule has 0 aromatic rings. The Morgan fingerprint density at radius 2 is 0.900 bits per heavy atom. The maximum Gasteiger partial charge on any atom is 2.00 e. The van der Waals surface area contributed by atoms with Crippen LogP contribution in [0, 0.1) is 0 Å². The van der Waals surface area contributed by atoms with Gasteiger partial charge in [-0.05, 0) is 0 Å². The van der Waals surface area contributed by atoms with Crippen molar-refractivity contribution in [2.24, 2.45) is 0 Å². The van der Waals surface area contributed by atoms with Gasteiger partial charge in [0.2, 0.25) is 0 Å². The van der Waals surface area contributed by atoms with Crippen LogP contribution in [0.25, 0.3) is 0 Å². The van der Waals surface area contributed by atoms with E-state index >= 15 is 0 Å². The van der Waals surface area contributed by atoms with Crippen molar-refractivity contribution in [2.75, 3.05) is 0 Å². The monoisotopic (exact) mass is 208 g/mol. The van der Waals surface area contributed by atoms with Gasteiger partial charge in [0.05, 0.1) is 0 Å². The summed E-state index contributed by atoms with van der Waals surface area (Å²) in [5.41, 5.74) is 0. The second-order valence-corrected chi connectivity index (χ2v) is 0.615. The summed E-state index contributed by atoms with van der Waals surface area (Å²) in [6, 6.07) is 0. The fraction of sp³-hybridized carbons (Fsp3) is 0. The molecule has 0 aromatic carbocycles. The molecule has 6 nitrogen and oxygen atoms in total. The average Bonchev–Trinajstić information content (AvgIpc) is 1.25. The summed E-state index contributed by atoms with van der Waals surface area (Å²) >= 11 is 0. The van der Waals surface area contributed by atoms with Crippen LogP contribution in [-0.2, 0) is 19.5 Å². The second-order valence-electron chi connectivity index (χ2n) is 0.615. The average molecular weight is 209 g/mol. The van der Waals surface area contributed by atoms with E-state index in [1.54, 1.807) is 0 Å². The predicted molar refractivity (Wildman–Crippen MR) is 21.7 cm³/mol. The molecule has 0 heterocycles. The third-order valence-electron chi connectivity index (χ3n) is 0. The first-order chi connectivity index (χ1) is 3.46. The van der Waals surface area contributed by atoms with Crippen LogP contribution in [0.15, 0.2) is 0 Å². The van der Waals surface area contributed by atoms with Crippen LogP contribution < -0.4 is 20.1 Å². The molecule has 0 atom stereocenters. The largest absolute Gasteiger partial charge is 2.00 e. The van der Waals surface area contributed by atoms with Crippen LogP contribution in [0.5, 0.6) is 0 Å². The van der Waals surface area contributed by atoms with E-state index < -0.39 is 14.6 Å². The van der Waals surface area contributed by atoms with Crippen molar-refractivity contribution in [3.63, 3.8) is 0 Å². The van der Waals surface area contributed by atoms with E-state index in [1.165, 1.54) is 0 Å². The van der Waals surface area contributed by atoms with Crippen molar-refractivity contribution in [1.82, 2.24) is 0 Å². The first-order valence-corrected chi connectivity index (χ1v) is 1.46. The van der Waals surface area contributed by atoms with E-state index in [1.807, 2.05) is 0 Å². The molecule has 0 aliphatic rings. The molecular weight excluding hydrogens is 207 g/mol. The molecule has 0 aliphatic carbocycles. The molecule has 10 heavy (non-hydrogen) atoms. The predicted octanol–water partition coefficient (Wildman–Crippen LogP) is -7.01. The molecular formula is H2B2MgO6Zn. The van der Waals surface area contributed by atoms with E-state index in [4.69, 9.17) is 30.1 Å². The summed E-state index contributed by atoms with van der Waals surface area (Å²) in [4.78, 5) is 0. The Hall–Kier alpha value is 1.28. The van der Waals surface area contributed by atoms with Crippen LogP contribution in [0.4, 0.5) is 0 Å². The summed E-state index contributed by atoms with van der Waals surface area (Å²) in [6.45, 7) is 0. The number of hydrogen-bond donors (Lipinski definition) is 2. The standard InChI is InChI=1S/BH2O3.BO3.Mg.Zn/c2*2-1(3)4;;/h2-3H;;;/q-1;-3;2*+2. The first kappa shape index (κ1) is 22.5. The zero-order valence-electron chi connectivity index (χ0n) is 5.10. The fourth-order valence-corrected chi connectivity index (χ4v) is 0. The van der Waals surface area contributed by atoms with Crippen LogP contribution in [0.3, 0.4) is 0 Å². The number of rotatable bonds is 0. The van der Waals surface area contributed by atoms with Crippen molar-refractivity contribution in [1.29, 1.82) is 0 Å². The van der Waals surface area contributed by atoms with Gasteiger partial charge >= 0.3 is 49.9 Å². The third kappa shape index (κ3) is 389. The Balaban J connectivity index is -0.0000000300. The topological polar surface area (TPSA) is 133 Å². The van der Waals surface area contributed by atoms with Gasteiger partial charge in [0.25, 0.3) is 0 Å². The van der Waals surface area contributed by atoms with Crippen LogP contribution in [0.1, 0.15) is 0 Å². The molecule has 0 saturated heterocycles. The molecule has 0 unspecified atom stereocenters. The summed E-state index contributed by atoms with van der Waals surface area (Å²) < 4.78 is 0. The van der Waals surface area contributed by atoms with Crippen molar-refractivity contribution >= 4 is 37.7 Å². The van der Waals surface area contributed by atoms with Gasteiger partial charge in [0.15, 0.2) is 0 Å². The van der Waals surface area contributed by atoms with Gasteiger partial charge in [-0.2, -0.15) is 0 Å². The van der Waals surface area contributed by atoms with Gasteiger partial charge < -0.3 is 30.1 Å². The zero-order chi connectivity index (χ0) is 7.15. The molecule has 0 aromatic heterocycles. The maximum atomic E-state index is 8.64. The Morgan fingerprint density at radius 1 is 0.900 bits per heavy atom. The van der Waals surface area contributed by atoms with Crippen molar-refractivity contribution < 1.29 is 49.6 Å². The molecule has 10 heteroatoms. The van der Waals surface area contributed by atoms with Crippen LogP contribution in [0.2, 0.25) is 0 Å². The summed E-state index contributed by atoms with van der Waals surface area (Å²) in [5.74, 6) is 0. The Morgan fingerprint density at radius 3 is 0.900 bits per heavy atom. The van der Waals surface area contributed by atoms with Gasteiger partial charge in [-0.1, -0.05) is 0 Å². The Kier molecular flexibility index (Phi) is 37.6. The van der Waals surface area contributed by atoms with E-state index in [2.05, 4.69) is 0 Å². The van der Waals surface area contributed by atoms with Crippen molar-refractivity contribution in [3.05, 3.63) is 0 Å². The second kappa shape index (κ2) is 16.7. The molecule has 0 aliphatic heterocycles. The smallest absolute Gasteiger partial charge is 0.907 e. The molecule has 0 bridgehead atoms. The van der Waals surface area contributed by atoms with E-state index in [-0.39, 0.29) is 42.5 Å². The van der Waals surface area contributed by atoms with Gasteiger partial charge in [-0.25, -0.2) is 0 Å². The summed E-state index contributed by atoms with van der Waals surface area (Å²) in [6.07, 6.45) is 0. The minimum Gasteiger partial charge on any atom is -0.907 e. The number of hydrogen-bond acceptors (Lipinski definition) is 6. The Labute approximate surface area is 87.2 Å². The summed E-state index contributed by atoms with van der Waals surface area (Å²) in [5, 5.41) is 48.0. The SMILES string of the molecule is [Mg+2].[O-]B(O)O.[O-]B([O-])[O-].[Zn+2]. The van der Waals surface area contributed by atoms with Gasteiger partial charge in [-0.15, -0.1) is 0 Å². The van der Waals surface area contributed by atoms with E-state index in [0.29, 0.717) is 0 Å². The molecule has 0 rings (SSSR count). The van der Waals surface area contributed by atoms with Crippen molar-refractivity contribution in [2.45, 2.75) is 0 Å². The van der Waals surface area contributed by atoms with E-state index in [9.17, 15) is 0 Å². The minimum absolute atomic E-state index is 0. The van der Waals surface area contributed by atoms with E-state index in [0.717, 1.165) is 0 Å². The molecule has 48 valence electrons. The van der Waals surface area contributed by atoms with Crippen LogP contribution in [-0.4, -0.2) is 47.7 Å². The quantitative estimate of drug-likeness (QED) is 0.381. The van der Waals surface area contributed by atoms with Crippen molar-refractivity contribution in [3.8, 4) is 0 Å². The van der Waals surface area contributed by atoms with Gasteiger partial charge in [0, 0.05) is 0 Å². The third-order valence-corrected chi connectivity index (χ3v) is 0. The molecule has 0 amide bonds. The van der Waals surface area contributed by atoms with Crippen LogP contribution >= 0.6 is 0 Å². The maximum absolute atomic E-state index is 8.64. The Bertz CT molecular complexity index is 31.2. The molecule has 0 fully saturated rings. The van der Waals surface area contributed by atoms with Gasteiger partial charge in [-0.3, -0.25) is 7.32 Å². The molecule has 0 radical (unpaired) electrons. The molecule has 0 saturated carbocycles.